The van der Waals surface area contributed by atoms with Crippen LogP contribution in [0.25, 0.3) is 0 Å². The van der Waals surface area contributed by atoms with Crippen LogP contribution in [0.2, 0.25) is 0 Å². The Morgan fingerprint density at radius 1 is 1.10 bits per heavy atom. The summed E-state index contributed by atoms with van der Waals surface area (Å²) in [4.78, 5) is 13.7. The third kappa shape index (κ3) is 6.00. The summed E-state index contributed by atoms with van der Waals surface area (Å²) in [5.41, 5.74) is 7.85. The summed E-state index contributed by atoms with van der Waals surface area (Å²) in [6.45, 7) is 9.61. The molecule has 1 aromatic heterocycles. The average Bonchev–Trinajstić information content (AvgIpc) is 2.75. The number of anilines is 2. The highest BCUT2D eigenvalue weighted by atomic mass is 16.5. The van der Waals surface area contributed by atoms with Gasteiger partial charge in [0, 0.05) is 38.4 Å². The summed E-state index contributed by atoms with van der Waals surface area (Å²) >= 11 is 0. The second kappa shape index (κ2) is 10.7. The fourth-order valence-corrected chi connectivity index (χ4v) is 3.23. The predicted octanol–water partition coefficient (Wildman–Crippen LogP) is 2.56. The van der Waals surface area contributed by atoms with E-state index in [4.69, 9.17) is 15.2 Å². The van der Waals surface area contributed by atoms with Crippen molar-refractivity contribution in [3.63, 3.8) is 0 Å². The van der Waals surface area contributed by atoms with E-state index in [0.717, 1.165) is 49.0 Å². The first kappa shape index (κ1) is 21.7. The van der Waals surface area contributed by atoms with Gasteiger partial charge >= 0.3 is 0 Å². The zero-order valence-corrected chi connectivity index (χ0v) is 18.1. The summed E-state index contributed by atoms with van der Waals surface area (Å²) in [5, 5.41) is 3.12. The van der Waals surface area contributed by atoms with Crippen LogP contribution in [-0.4, -0.2) is 62.3 Å². The smallest absolute Gasteiger partial charge is 0.193 e. The highest BCUT2D eigenvalue weighted by Gasteiger charge is 2.15. The molecule has 0 spiro atoms. The number of nitrogens with two attached hydrogens (primary N) is 1. The van der Waals surface area contributed by atoms with E-state index >= 15 is 0 Å². The summed E-state index contributed by atoms with van der Waals surface area (Å²) in [6, 6.07) is 9.71. The Hall–Kier alpha value is -3.00. The number of guanidine groups is 1. The highest BCUT2D eigenvalue weighted by molar-refractivity contribution is 5.94. The van der Waals surface area contributed by atoms with Crippen molar-refractivity contribution in [1.29, 1.82) is 0 Å². The van der Waals surface area contributed by atoms with Gasteiger partial charge in [-0.3, -0.25) is 0 Å². The average molecular weight is 413 g/mol. The molecule has 0 radical (unpaired) electrons. The van der Waals surface area contributed by atoms with Gasteiger partial charge in [0.2, 0.25) is 0 Å². The Labute approximate surface area is 178 Å². The van der Waals surface area contributed by atoms with Crippen molar-refractivity contribution in [3.05, 3.63) is 42.1 Å². The van der Waals surface area contributed by atoms with Crippen LogP contribution >= 0.6 is 0 Å². The number of rotatable bonds is 8. The SMILES string of the molecule is CCOc1ccc(OCC)c(NC(N)=NCc2ccc(N3CCN(C)CC3)nc2)c1. The molecule has 0 saturated carbocycles. The van der Waals surface area contributed by atoms with E-state index in [-0.39, 0.29) is 0 Å². The maximum Gasteiger partial charge on any atom is 0.193 e. The fourth-order valence-electron chi connectivity index (χ4n) is 3.23. The molecule has 2 heterocycles. The lowest BCUT2D eigenvalue weighted by molar-refractivity contribution is 0.312. The van der Waals surface area contributed by atoms with Crippen LogP contribution in [0.1, 0.15) is 19.4 Å². The number of benzene rings is 1. The van der Waals surface area contributed by atoms with Crippen molar-refractivity contribution in [2.75, 3.05) is 56.7 Å². The topological polar surface area (TPSA) is 88.2 Å². The first-order chi connectivity index (χ1) is 14.6. The van der Waals surface area contributed by atoms with Crippen molar-refractivity contribution in [2.24, 2.45) is 10.7 Å². The third-order valence-corrected chi connectivity index (χ3v) is 4.89. The normalized spacial score (nSPS) is 15.2. The fraction of sp³-hybridized carbons (Fsp3) is 0.455. The summed E-state index contributed by atoms with van der Waals surface area (Å²) < 4.78 is 11.2. The van der Waals surface area contributed by atoms with Crippen LogP contribution in [0.4, 0.5) is 11.5 Å². The van der Waals surface area contributed by atoms with E-state index in [2.05, 4.69) is 44.3 Å². The number of piperazine rings is 1. The van der Waals surface area contributed by atoms with E-state index in [1.54, 1.807) is 0 Å². The molecule has 1 saturated heterocycles. The van der Waals surface area contributed by atoms with Crippen LogP contribution < -0.4 is 25.4 Å². The predicted molar refractivity (Wildman–Crippen MR) is 122 cm³/mol. The molecule has 0 unspecified atom stereocenters. The Morgan fingerprint density at radius 2 is 1.87 bits per heavy atom. The van der Waals surface area contributed by atoms with Gasteiger partial charge in [-0.05, 0) is 44.7 Å². The van der Waals surface area contributed by atoms with Gasteiger partial charge < -0.3 is 30.3 Å². The molecular weight excluding hydrogens is 380 g/mol. The van der Waals surface area contributed by atoms with Crippen molar-refractivity contribution < 1.29 is 9.47 Å². The van der Waals surface area contributed by atoms with Gasteiger partial charge in [0.25, 0.3) is 0 Å². The quantitative estimate of drug-likeness (QED) is 0.509. The molecule has 162 valence electrons. The number of nitrogens with zero attached hydrogens (tertiary/aromatic N) is 4. The molecule has 1 aromatic carbocycles. The van der Waals surface area contributed by atoms with Gasteiger partial charge in [0.05, 0.1) is 25.4 Å². The minimum atomic E-state index is 0.313. The lowest BCUT2D eigenvalue weighted by Crippen LogP contribution is -2.44. The number of likely N-dealkylation sites (N-methyl/N-ethyl adjacent to an activating group) is 1. The van der Waals surface area contributed by atoms with E-state index < -0.39 is 0 Å². The summed E-state index contributed by atoms with van der Waals surface area (Å²) in [5.74, 6) is 2.78. The minimum absolute atomic E-state index is 0.313. The van der Waals surface area contributed by atoms with Gasteiger partial charge in [-0.25, -0.2) is 9.98 Å². The van der Waals surface area contributed by atoms with Crippen LogP contribution in [-0.2, 0) is 6.54 Å². The Kier molecular flexibility index (Phi) is 7.73. The Balaban J connectivity index is 1.61. The molecule has 3 rings (SSSR count). The molecule has 1 aliphatic rings. The molecule has 1 fully saturated rings. The van der Waals surface area contributed by atoms with Crippen LogP contribution in [0.15, 0.2) is 41.5 Å². The van der Waals surface area contributed by atoms with Gasteiger partial charge in [-0.1, -0.05) is 6.07 Å². The monoisotopic (exact) mass is 412 g/mol. The lowest BCUT2D eigenvalue weighted by atomic mass is 10.2. The number of aliphatic imine (C=N–C) groups is 1. The maximum atomic E-state index is 6.11. The number of hydrogen-bond acceptors (Lipinski definition) is 6. The highest BCUT2D eigenvalue weighted by Crippen LogP contribution is 2.29. The van der Waals surface area contributed by atoms with Crippen molar-refractivity contribution in [1.82, 2.24) is 9.88 Å². The van der Waals surface area contributed by atoms with E-state index in [1.165, 1.54) is 0 Å². The second-order valence-electron chi connectivity index (χ2n) is 7.17. The van der Waals surface area contributed by atoms with E-state index in [0.29, 0.717) is 31.5 Å². The molecule has 0 aliphatic carbocycles. The molecule has 30 heavy (non-hydrogen) atoms. The first-order valence-electron chi connectivity index (χ1n) is 10.4. The molecule has 0 atom stereocenters. The standard InChI is InChI=1S/C22H32N6O2/c1-4-29-18-7-8-20(30-5-2)19(14-18)26-22(23)25-16-17-6-9-21(24-15-17)28-12-10-27(3)11-13-28/h6-9,14-15H,4-5,10-13,16H2,1-3H3,(H3,23,25,26). The largest absolute Gasteiger partial charge is 0.494 e. The van der Waals surface area contributed by atoms with E-state index in [1.807, 2.05) is 38.2 Å². The number of aromatic nitrogens is 1. The molecule has 1 aliphatic heterocycles. The molecule has 8 nitrogen and oxygen atoms in total. The van der Waals surface area contributed by atoms with E-state index in [9.17, 15) is 0 Å². The molecule has 3 N–H and O–H groups in total. The zero-order chi connectivity index (χ0) is 21.3. The second-order valence-corrected chi connectivity index (χ2v) is 7.17. The first-order valence-corrected chi connectivity index (χ1v) is 10.4. The van der Waals surface area contributed by atoms with Gasteiger partial charge in [-0.2, -0.15) is 0 Å². The van der Waals surface area contributed by atoms with Crippen LogP contribution in [0.3, 0.4) is 0 Å². The number of pyridine rings is 1. The summed E-state index contributed by atoms with van der Waals surface area (Å²) in [6.07, 6.45) is 1.87. The van der Waals surface area contributed by atoms with Gasteiger partial charge in [-0.15, -0.1) is 0 Å². The molecule has 0 amide bonds. The zero-order valence-electron chi connectivity index (χ0n) is 18.1. The lowest BCUT2D eigenvalue weighted by Gasteiger charge is -2.33. The van der Waals surface area contributed by atoms with Crippen molar-refractivity contribution >= 4 is 17.5 Å². The Bertz CT molecular complexity index is 832. The number of ether oxygens (including phenoxy) is 2. The Morgan fingerprint density at radius 3 is 2.53 bits per heavy atom. The number of nitrogens with one attached hydrogen (secondary N) is 1. The van der Waals surface area contributed by atoms with Crippen LogP contribution in [0.5, 0.6) is 11.5 Å². The maximum absolute atomic E-state index is 6.11. The number of hydrogen-bond donors (Lipinski definition) is 2. The third-order valence-electron chi connectivity index (χ3n) is 4.89. The molecule has 2 aromatic rings. The van der Waals surface area contributed by atoms with Gasteiger partial charge in [0.1, 0.15) is 17.3 Å². The van der Waals surface area contributed by atoms with Crippen molar-refractivity contribution in [3.8, 4) is 11.5 Å². The van der Waals surface area contributed by atoms with Gasteiger partial charge in [0.15, 0.2) is 5.96 Å². The van der Waals surface area contributed by atoms with Crippen LogP contribution in [0, 0.1) is 0 Å². The summed E-state index contributed by atoms with van der Waals surface area (Å²) in [7, 11) is 2.15. The molecular formula is C22H32N6O2. The molecule has 0 bridgehead atoms. The minimum Gasteiger partial charge on any atom is -0.494 e. The van der Waals surface area contributed by atoms with Crippen molar-refractivity contribution in [2.45, 2.75) is 20.4 Å². The molecule has 8 heteroatoms.